The molecule has 2 aliphatic rings. The maximum atomic E-state index is 13.2. The zero-order valence-corrected chi connectivity index (χ0v) is 26.8. The molecule has 1 saturated carbocycles. The molecule has 1 heterocycles. The summed E-state index contributed by atoms with van der Waals surface area (Å²) < 4.78 is 47.6. The number of hydrogen-bond donors (Lipinski definition) is 1. The van der Waals surface area contributed by atoms with E-state index in [-0.39, 0.29) is 22.5 Å². The van der Waals surface area contributed by atoms with E-state index in [9.17, 15) is 18.3 Å². The van der Waals surface area contributed by atoms with Gasteiger partial charge in [-0.2, -0.15) is 13.2 Å². The molecule has 0 unspecified atom stereocenters. The van der Waals surface area contributed by atoms with Gasteiger partial charge in [0.15, 0.2) is 8.32 Å². The van der Waals surface area contributed by atoms with Crippen LogP contribution in [0.2, 0.25) is 18.1 Å². The summed E-state index contributed by atoms with van der Waals surface area (Å²) in [6.45, 7) is 15.4. The minimum Gasteiger partial charge on any atom is -0.410 e. The molecule has 1 fully saturated rings. The lowest BCUT2D eigenvalue weighted by Crippen LogP contribution is -2.44. The van der Waals surface area contributed by atoms with Gasteiger partial charge in [0, 0.05) is 20.4 Å². The van der Waals surface area contributed by atoms with E-state index in [0.29, 0.717) is 11.1 Å². The number of benzene rings is 1. The molecule has 0 radical (unpaired) electrons. The monoisotopic (exact) mass is 659 g/mol. The third-order valence-corrected chi connectivity index (χ3v) is 14.7. The summed E-state index contributed by atoms with van der Waals surface area (Å²) >= 11 is 2.34. The normalized spacial score (nSPS) is 20.7. The number of aliphatic hydroxyl groups is 1. The van der Waals surface area contributed by atoms with Crippen molar-refractivity contribution in [2.45, 2.75) is 116 Å². The second kappa shape index (κ2) is 10.5. The smallest absolute Gasteiger partial charge is 0.410 e. The van der Waals surface area contributed by atoms with Gasteiger partial charge in [-0.05, 0) is 95.4 Å². The van der Waals surface area contributed by atoms with Crippen molar-refractivity contribution >= 4 is 30.9 Å². The zero-order valence-electron chi connectivity index (χ0n) is 23.6. The van der Waals surface area contributed by atoms with E-state index in [1.54, 1.807) is 0 Å². The van der Waals surface area contributed by atoms with Gasteiger partial charge in [-0.15, -0.1) is 0 Å². The van der Waals surface area contributed by atoms with Crippen LogP contribution in [0, 0.1) is 8.99 Å². The summed E-state index contributed by atoms with van der Waals surface area (Å²) in [5.74, 6) is 0.0501. The third-order valence-electron chi connectivity index (χ3n) is 9.08. The van der Waals surface area contributed by atoms with Crippen molar-refractivity contribution in [3.8, 4) is 0 Å². The number of aromatic nitrogens is 1. The van der Waals surface area contributed by atoms with Crippen molar-refractivity contribution in [3.05, 3.63) is 61.5 Å². The molecule has 0 amide bonds. The molecule has 1 spiro atoms. The Balaban J connectivity index is 1.86. The summed E-state index contributed by atoms with van der Waals surface area (Å²) in [5.41, 5.74) is 3.60. The maximum Gasteiger partial charge on any atom is 0.416 e. The fraction of sp³-hybridized carbons (Fsp3) is 0.633. The van der Waals surface area contributed by atoms with Crippen molar-refractivity contribution in [2.24, 2.45) is 5.41 Å². The summed E-state index contributed by atoms with van der Waals surface area (Å²) in [6.07, 6.45) is 1.14. The molecule has 4 rings (SSSR count). The molecular weight excluding hydrogens is 618 g/mol. The topological polar surface area (TPSA) is 42.4 Å². The predicted octanol–water partition coefficient (Wildman–Crippen LogP) is 9.48. The number of halogens is 4. The van der Waals surface area contributed by atoms with Gasteiger partial charge in [0.2, 0.25) is 0 Å². The minimum absolute atomic E-state index is 0.0484. The number of rotatable bonds is 5. The average Bonchev–Trinajstić information content (AvgIpc) is 3.23. The molecule has 3 nitrogen and oxygen atoms in total. The number of nitrogens with zero attached hydrogens (tertiary/aromatic N) is 1. The average molecular weight is 660 g/mol. The highest BCUT2D eigenvalue weighted by molar-refractivity contribution is 14.1. The van der Waals surface area contributed by atoms with Gasteiger partial charge in [-0.3, -0.25) is 4.98 Å². The maximum absolute atomic E-state index is 13.2. The number of alkyl halides is 3. The molecule has 38 heavy (non-hydrogen) atoms. The van der Waals surface area contributed by atoms with Gasteiger partial charge < -0.3 is 9.53 Å². The highest BCUT2D eigenvalue weighted by atomic mass is 127. The largest absolute Gasteiger partial charge is 0.416 e. The van der Waals surface area contributed by atoms with Crippen LogP contribution in [-0.2, 0) is 17.0 Å². The molecule has 1 N–H and O–H groups in total. The van der Waals surface area contributed by atoms with Crippen LogP contribution in [0.15, 0.2) is 24.3 Å². The molecule has 210 valence electrons. The van der Waals surface area contributed by atoms with Gasteiger partial charge >= 0.3 is 6.18 Å². The second-order valence-electron chi connectivity index (χ2n) is 13.2. The predicted molar refractivity (Wildman–Crippen MR) is 157 cm³/mol. The number of fused-ring (bicyclic) bond motifs is 1. The first kappa shape index (κ1) is 30.0. The number of hydrogen-bond acceptors (Lipinski definition) is 3. The minimum atomic E-state index is -4.42. The summed E-state index contributed by atoms with van der Waals surface area (Å²) in [5, 5.41) is 11.6. The molecule has 0 bridgehead atoms. The molecule has 0 saturated heterocycles. The zero-order chi connectivity index (χ0) is 28.3. The fourth-order valence-electron chi connectivity index (χ4n) is 5.89. The molecule has 2 aliphatic carbocycles. The standard InChI is InChI=1S/C30H41F3INO2Si/c1-18(2)26-24(27(36)19-10-12-20(13-11-19)30(31,32)33)25(34)23-21(35-26)16-29(14-8-9-15-29)17-22(23)37-38(6,7)28(3,4)5/h10-13,18,22,27,36H,8-9,14-17H2,1-7H3/t22-,27+/m0/s1. The number of pyridine rings is 1. The van der Waals surface area contributed by atoms with E-state index in [2.05, 4.69) is 70.3 Å². The van der Waals surface area contributed by atoms with Crippen LogP contribution in [0.4, 0.5) is 13.2 Å². The van der Waals surface area contributed by atoms with E-state index in [1.807, 2.05) is 0 Å². The lowest BCUT2D eigenvalue weighted by Gasteiger charge is -2.46. The molecule has 1 aromatic carbocycles. The quantitative estimate of drug-likeness (QED) is 0.257. The Morgan fingerprint density at radius 2 is 1.66 bits per heavy atom. The van der Waals surface area contributed by atoms with Gasteiger partial charge in [-0.1, -0.05) is 59.6 Å². The Hall–Kier alpha value is -0.973. The SMILES string of the molecule is CC(C)c1nc2c(c(I)c1[C@H](O)c1ccc(C(F)(F)F)cc1)[C@@H](O[Si](C)(C)C(C)(C)C)CC1(CCCC1)C2. The van der Waals surface area contributed by atoms with Crippen LogP contribution in [0.3, 0.4) is 0 Å². The van der Waals surface area contributed by atoms with Crippen molar-refractivity contribution < 1.29 is 22.7 Å². The molecule has 2 atom stereocenters. The van der Waals surface area contributed by atoms with Gasteiger partial charge in [0.05, 0.1) is 17.4 Å². The van der Waals surface area contributed by atoms with Crippen LogP contribution in [0.1, 0.15) is 118 Å². The van der Waals surface area contributed by atoms with Crippen LogP contribution in [-0.4, -0.2) is 18.4 Å². The van der Waals surface area contributed by atoms with Crippen LogP contribution < -0.4 is 0 Å². The van der Waals surface area contributed by atoms with E-state index >= 15 is 0 Å². The Labute approximate surface area is 240 Å². The van der Waals surface area contributed by atoms with Crippen molar-refractivity contribution in [2.75, 3.05) is 0 Å². The lowest BCUT2D eigenvalue weighted by atomic mass is 9.70. The molecule has 8 heteroatoms. The highest BCUT2D eigenvalue weighted by Crippen LogP contribution is 2.55. The van der Waals surface area contributed by atoms with Crippen LogP contribution in [0.25, 0.3) is 0 Å². The number of aliphatic hydroxyl groups excluding tert-OH is 1. The van der Waals surface area contributed by atoms with Gasteiger partial charge in [0.25, 0.3) is 0 Å². The Bertz CT molecular complexity index is 1170. The van der Waals surface area contributed by atoms with Gasteiger partial charge in [-0.25, -0.2) is 0 Å². The first-order valence-corrected chi connectivity index (χ1v) is 17.7. The Kier molecular flexibility index (Phi) is 8.25. The van der Waals surface area contributed by atoms with Crippen LogP contribution >= 0.6 is 22.6 Å². The van der Waals surface area contributed by atoms with E-state index < -0.39 is 26.2 Å². The van der Waals surface area contributed by atoms with Crippen molar-refractivity contribution in [1.82, 2.24) is 4.98 Å². The summed E-state index contributed by atoms with van der Waals surface area (Å²) in [4.78, 5) is 5.23. The molecule has 1 aromatic heterocycles. The Morgan fingerprint density at radius 1 is 1.08 bits per heavy atom. The fourth-order valence-corrected chi connectivity index (χ4v) is 8.39. The van der Waals surface area contributed by atoms with Crippen molar-refractivity contribution in [3.63, 3.8) is 0 Å². The van der Waals surface area contributed by atoms with E-state index in [4.69, 9.17) is 9.41 Å². The second-order valence-corrected chi connectivity index (χ2v) is 19.1. The van der Waals surface area contributed by atoms with Crippen molar-refractivity contribution in [1.29, 1.82) is 0 Å². The van der Waals surface area contributed by atoms with E-state index in [1.165, 1.54) is 37.8 Å². The first-order chi connectivity index (χ1) is 17.5. The summed E-state index contributed by atoms with van der Waals surface area (Å²) in [6, 6.07) is 4.84. The lowest BCUT2D eigenvalue weighted by molar-refractivity contribution is -0.137. The highest BCUT2D eigenvalue weighted by Gasteiger charge is 2.48. The Morgan fingerprint density at radius 3 is 2.16 bits per heavy atom. The molecule has 2 aromatic rings. The van der Waals surface area contributed by atoms with E-state index in [0.717, 1.165) is 45.5 Å². The molecular formula is C30H41F3INO2Si. The van der Waals surface area contributed by atoms with Crippen LogP contribution in [0.5, 0.6) is 0 Å². The third kappa shape index (κ3) is 5.74. The first-order valence-electron chi connectivity index (χ1n) is 13.7. The summed E-state index contributed by atoms with van der Waals surface area (Å²) in [7, 11) is -2.12. The van der Waals surface area contributed by atoms with Gasteiger partial charge in [0.1, 0.15) is 6.10 Å². The molecule has 0 aliphatic heterocycles.